The van der Waals surface area contributed by atoms with Crippen LogP contribution in [0.3, 0.4) is 0 Å². The number of hydrogen-bond donors (Lipinski definition) is 0. The molecule has 0 bridgehead atoms. The molecule has 6 rings (SSSR count). The van der Waals surface area contributed by atoms with Crippen molar-refractivity contribution >= 4 is 21.5 Å². The second-order valence-corrected chi connectivity index (χ2v) is 9.06. The Bertz CT molecular complexity index is 1460. The van der Waals surface area contributed by atoms with Crippen LogP contribution < -0.4 is 0 Å². The molecule has 6 aromatic carbocycles. The predicted molar refractivity (Wildman–Crippen MR) is 142 cm³/mol. The molecule has 0 unspecified atom stereocenters. The second kappa shape index (κ2) is 9.32. The molecule has 0 N–H and O–H groups in total. The minimum atomic E-state index is 0. The van der Waals surface area contributed by atoms with Gasteiger partial charge in [-0.3, -0.25) is 0 Å². The summed E-state index contributed by atoms with van der Waals surface area (Å²) in [6, 6.07) is 39.7. The van der Waals surface area contributed by atoms with Gasteiger partial charge in [-0.1, -0.05) is 104 Å². The summed E-state index contributed by atoms with van der Waals surface area (Å²) in [5, 5.41) is 5.46. The Balaban J connectivity index is 0.00000241. The van der Waals surface area contributed by atoms with Crippen molar-refractivity contribution in [3.63, 3.8) is 0 Å². The van der Waals surface area contributed by atoms with Crippen LogP contribution >= 0.6 is 0 Å². The Hall–Kier alpha value is -3.02. The van der Waals surface area contributed by atoms with Crippen LogP contribution in [0.5, 0.6) is 0 Å². The molecule has 0 radical (unpaired) electrons. The number of rotatable bonds is 4. The van der Waals surface area contributed by atoms with Crippen molar-refractivity contribution in [1.29, 1.82) is 0 Å². The van der Waals surface area contributed by atoms with Crippen molar-refractivity contribution in [3.8, 4) is 22.3 Å². The van der Waals surface area contributed by atoms with Crippen LogP contribution in [-0.4, -0.2) is 0 Å². The Morgan fingerprint density at radius 3 is 1.32 bits per heavy atom. The first-order valence-electron chi connectivity index (χ1n) is 11.7. The van der Waals surface area contributed by atoms with E-state index in [2.05, 4.69) is 123 Å². The van der Waals surface area contributed by atoms with Crippen LogP contribution in [0.1, 0.15) is 22.3 Å². The van der Waals surface area contributed by atoms with Gasteiger partial charge in [0, 0.05) is 0 Å². The van der Waals surface area contributed by atoms with E-state index in [1.54, 1.807) is 0 Å². The Morgan fingerprint density at radius 2 is 0.912 bits per heavy atom. The Kier molecular flexibility index (Phi) is 6.24. The number of benzene rings is 4. The normalized spacial score (nSPS) is 11.1. The summed E-state index contributed by atoms with van der Waals surface area (Å²) in [5.41, 5.74) is 10.9. The van der Waals surface area contributed by atoms with Gasteiger partial charge in [-0.15, -0.1) is 69.1 Å². The summed E-state index contributed by atoms with van der Waals surface area (Å²) in [7, 11) is 0. The third-order valence-electron chi connectivity index (χ3n) is 7.02. The largest absolute Gasteiger partial charge is 2.00 e. The van der Waals surface area contributed by atoms with Gasteiger partial charge in [0.25, 0.3) is 0 Å². The molecule has 0 aliphatic carbocycles. The first-order chi connectivity index (χ1) is 16.2. The third-order valence-corrected chi connectivity index (χ3v) is 7.02. The first-order valence-corrected chi connectivity index (χ1v) is 11.7. The Morgan fingerprint density at radius 1 is 0.500 bits per heavy atom. The molecular formula is C33H26Zr. The van der Waals surface area contributed by atoms with Gasteiger partial charge in [-0.25, -0.2) is 0 Å². The van der Waals surface area contributed by atoms with Gasteiger partial charge < -0.3 is 0 Å². The summed E-state index contributed by atoms with van der Waals surface area (Å²) in [6.07, 6.45) is 0.943. The van der Waals surface area contributed by atoms with E-state index >= 15 is 0 Å². The average molecular weight is 514 g/mol. The maximum absolute atomic E-state index is 2.36. The molecule has 6 aromatic rings. The smallest absolute Gasteiger partial charge is 0.155 e. The number of hydrogen-bond acceptors (Lipinski definition) is 0. The molecule has 0 heterocycles. The van der Waals surface area contributed by atoms with Crippen LogP contribution in [0.15, 0.2) is 109 Å². The van der Waals surface area contributed by atoms with E-state index in [0.29, 0.717) is 0 Å². The van der Waals surface area contributed by atoms with Crippen molar-refractivity contribution in [1.82, 2.24) is 0 Å². The minimum absolute atomic E-state index is 0. The zero-order chi connectivity index (χ0) is 22.4. The molecule has 1 heteroatoms. The molecule has 0 fully saturated rings. The summed E-state index contributed by atoms with van der Waals surface area (Å²) >= 11 is 0. The van der Waals surface area contributed by atoms with E-state index < -0.39 is 0 Å². The van der Waals surface area contributed by atoms with Crippen LogP contribution in [0.4, 0.5) is 0 Å². The van der Waals surface area contributed by atoms with Crippen molar-refractivity contribution in [2.75, 3.05) is 0 Å². The summed E-state index contributed by atoms with van der Waals surface area (Å²) in [5.74, 6) is 0. The number of fused-ring (bicyclic) bond motifs is 2. The fraction of sp³-hybridized carbons (Fsp3) is 0.0909. The predicted octanol–water partition coefficient (Wildman–Crippen LogP) is 8.97. The molecule has 0 saturated heterocycles. The van der Waals surface area contributed by atoms with Gasteiger partial charge in [0.2, 0.25) is 0 Å². The van der Waals surface area contributed by atoms with Crippen molar-refractivity contribution in [2.24, 2.45) is 0 Å². The molecule has 162 valence electrons. The summed E-state index contributed by atoms with van der Waals surface area (Å²) in [4.78, 5) is 0. The second-order valence-electron chi connectivity index (χ2n) is 9.06. The van der Waals surface area contributed by atoms with Gasteiger partial charge >= 0.3 is 26.2 Å². The van der Waals surface area contributed by atoms with Crippen LogP contribution in [-0.2, 0) is 32.6 Å². The fourth-order valence-electron chi connectivity index (χ4n) is 5.44. The maximum atomic E-state index is 2.36. The van der Waals surface area contributed by atoms with E-state index in [1.165, 1.54) is 66.1 Å². The van der Waals surface area contributed by atoms with Gasteiger partial charge in [0.05, 0.1) is 0 Å². The van der Waals surface area contributed by atoms with E-state index in [-0.39, 0.29) is 26.2 Å². The minimum Gasteiger partial charge on any atom is -0.155 e. The molecule has 0 saturated carbocycles. The average Bonchev–Trinajstić information content (AvgIpc) is 3.35. The standard InChI is InChI=1S/C33H26.Zr/c1-22-19-26-15-9-17-28(24-11-5-3-6-12-24)32(26)30(22)21-31-23(2)20-27-16-10-18-29(33(27)31)25-13-7-4-8-14-25;/h3-20H,21H2,1-2H3;/q-2;+2. The molecule has 0 aliphatic rings. The molecule has 34 heavy (non-hydrogen) atoms. The quantitative estimate of drug-likeness (QED) is 0.206. The van der Waals surface area contributed by atoms with Crippen LogP contribution in [0.25, 0.3) is 43.8 Å². The van der Waals surface area contributed by atoms with E-state index in [4.69, 9.17) is 0 Å². The van der Waals surface area contributed by atoms with Gasteiger partial charge in [-0.05, 0) is 11.1 Å². The summed E-state index contributed by atoms with van der Waals surface area (Å²) < 4.78 is 0. The van der Waals surface area contributed by atoms with Crippen LogP contribution in [0.2, 0.25) is 0 Å². The van der Waals surface area contributed by atoms with Crippen molar-refractivity contribution in [2.45, 2.75) is 20.3 Å². The van der Waals surface area contributed by atoms with Crippen molar-refractivity contribution < 1.29 is 26.2 Å². The van der Waals surface area contributed by atoms with E-state index in [1.807, 2.05) is 0 Å². The van der Waals surface area contributed by atoms with E-state index in [9.17, 15) is 0 Å². The van der Waals surface area contributed by atoms with E-state index in [0.717, 1.165) is 6.42 Å². The van der Waals surface area contributed by atoms with Crippen molar-refractivity contribution in [3.05, 3.63) is 131 Å². The molecule has 0 aromatic heterocycles. The zero-order valence-corrected chi connectivity index (χ0v) is 22.1. The monoisotopic (exact) mass is 512 g/mol. The molecule has 0 atom stereocenters. The molecule has 0 spiro atoms. The van der Waals surface area contributed by atoms with Gasteiger partial charge in [0.1, 0.15) is 0 Å². The maximum Gasteiger partial charge on any atom is 2.00 e. The molecular weight excluding hydrogens is 488 g/mol. The molecule has 0 nitrogen and oxygen atoms in total. The topological polar surface area (TPSA) is 0 Å². The molecule has 0 aliphatic heterocycles. The van der Waals surface area contributed by atoms with Gasteiger partial charge in [-0.2, -0.15) is 11.1 Å². The number of aryl methyl sites for hydroxylation is 2. The first kappa shape index (κ1) is 22.8. The molecule has 0 amide bonds. The summed E-state index contributed by atoms with van der Waals surface area (Å²) in [6.45, 7) is 4.53. The zero-order valence-electron chi connectivity index (χ0n) is 19.6. The fourth-order valence-corrected chi connectivity index (χ4v) is 5.44. The SMILES string of the molecule is Cc1[cH-]c2cccc(-c3ccccc3)c2c1Cc1c(C)[cH-]c2cccc(-c3ccccc3)c12.[Zr+2]. The third kappa shape index (κ3) is 3.83. The van der Waals surface area contributed by atoms with Crippen LogP contribution in [0, 0.1) is 13.8 Å². The Labute approximate surface area is 220 Å². The van der Waals surface area contributed by atoms with Gasteiger partial charge in [0.15, 0.2) is 0 Å².